The molecule has 0 saturated carbocycles. The minimum Gasteiger partial charge on any atom is -0.491 e. The van der Waals surface area contributed by atoms with Crippen molar-refractivity contribution in [2.24, 2.45) is 0 Å². The minimum absolute atomic E-state index is 0. The summed E-state index contributed by atoms with van der Waals surface area (Å²) in [5.74, 6) is -1.70. The van der Waals surface area contributed by atoms with Crippen molar-refractivity contribution in [1.82, 2.24) is 20.1 Å². The van der Waals surface area contributed by atoms with Crippen LogP contribution in [0.5, 0.6) is 5.75 Å². The third-order valence-corrected chi connectivity index (χ3v) is 6.11. The summed E-state index contributed by atoms with van der Waals surface area (Å²) in [6.07, 6.45) is 2.70. The summed E-state index contributed by atoms with van der Waals surface area (Å²) in [7, 11) is 1.67. The molecule has 1 aliphatic heterocycles. The van der Waals surface area contributed by atoms with Crippen LogP contribution >= 0.6 is 12.4 Å². The summed E-state index contributed by atoms with van der Waals surface area (Å²) in [6.45, 7) is 0.427. The van der Waals surface area contributed by atoms with Gasteiger partial charge in [0.25, 0.3) is 5.91 Å². The number of aromatic nitrogens is 1. The summed E-state index contributed by atoms with van der Waals surface area (Å²) in [4.78, 5) is 57.1. The zero-order valence-corrected chi connectivity index (χ0v) is 22.6. The second kappa shape index (κ2) is 13.9. The Morgan fingerprint density at radius 3 is 2.60 bits per heavy atom. The van der Waals surface area contributed by atoms with Crippen LogP contribution in [0.15, 0.2) is 73.1 Å². The fraction of sp³-hybridized carbons (Fsp3) is 0.250. The van der Waals surface area contributed by atoms with Crippen LogP contribution in [0.1, 0.15) is 33.9 Å². The Hall–Kier alpha value is -4.64. The summed E-state index contributed by atoms with van der Waals surface area (Å²) in [5.41, 5.74) is 2.13. The highest BCUT2D eigenvalue weighted by Crippen LogP contribution is 2.27. The van der Waals surface area contributed by atoms with Crippen molar-refractivity contribution in [2.75, 3.05) is 32.1 Å². The highest BCUT2D eigenvalue weighted by atomic mass is 35.5. The average molecular weight is 568 g/mol. The van der Waals surface area contributed by atoms with Gasteiger partial charge in [-0.05, 0) is 35.4 Å². The van der Waals surface area contributed by atoms with Gasteiger partial charge in [0.05, 0.1) is 31.1 Å². The molecule has 1 unspecified atom stereocenters. The standard InChI is InChI=1S/C28H29N5O6.ClH/c1-32(17-19-6-3-2-4-7-19)28(38)30-21-9-10-24-22(14-21)27(37)33(12-13-39-24)18-25(34)31-23(15-26(35)36)20-8-5-11-29-16-20;/h2-11,14,16,23H,12-13,15,17-18H2,1H3,(H,30,38)(H,31,34)(H,35,36);1H. The van der Waals surface area contributed by atoms with E-state index in [9.17, 15) is 24.3 Å². The number of carboxylic acids is 1. The molecule has 11 nitrogen and oxygen atoms in total. The number of hydrogen-bond donors (Lipinski definition) is 3. The topological polar surface area (TPSA) is 141 Å². The lowest BCUT2D eigenvalue weighted by atomic mass is 10.1. The van der Waals surface area contributed by atoms with Gasteiger partial charge in [-0.1, -0.05) is 36.4 Å². The molecule has 1 atom stereocenters. The maximum absolute atomic E-state index is 13.4. The number of urea groups is 1. The third-order valence-electron chi connectivity index (χ3n) is 6.11. The first-order chi connectivity index (χ1) is 18.8. The number of rotatable bonds is 9. The normalized spacial score (nSPS) is 13.0. The molecule has 0 spiro atoms. The Bertz CT molecular complexity index is 1340. The minimum atomic E-state index is -1.08. The smallest absolute Gasteiger partial charge is 0.321 e. The third kappa shape index (κ3) is 7.93. The van der Waals surface area contributed by atoms with Crippen molar-refractivity contribution in [3.8, 4) is 5.75 Å². The zero-order valence-electron chi connectivity index (χ0n) is 21.8. The van der Waals surface area contributed by atoms with Crippen LogP contribution in [0.4, 0.5) is 10.5 Å². The fourth-order valence-electron chi connectivity index (χ4n) is 4.16. The van der Waals surface area contributed by atoms with Gasteiger partial charge in [-0.3, -0.25) is 19.4 Å². The molecule has 3 N–H and O–H groups in total. The highest BCUT2D eigenvalue weighted by Gasteiger charge is 2.27. The Morgan fingerprint density at radius 1 is 1.12 bits per heavy atom. The molecule has 0 bridgehead atoms. The number of amides is 4. The molecule has 40 heavy (non-hydrogen) atoms. The number of benzene rings is 2. The van der Waals surface area contributed by atoms with Gasteiger partial charge in [0.1, 0.15) is 12.4 Å². The molecular formula is C28H30ClN5O6. The van der Waals surface area contributed by atoms with Gasteiger partial charge in [0, 0.05) is 31.7 Å². The van der Waals surface area contributed by atoms with Crippen molar-refractivity contribution in [3.63, 3.8) is 0 Å². The lowest BCUT2D eigenvalue weighted by molar-refractivity contribution is -0.137. The molecule has 12 heteroatoms. The Balaban J connectivity index is 0.00000441. The maximum atomic E-state index is 13.4. The number of hydrogen-bond acceptors (Lipinski definition) is 6. The molecule has 1 aliphatic rings. The predicted octanol–water partition coefficient (Wildman–Crippen LogP) is 3.33. The SMILES string of the molecule is CN(Cc1ccccc1)C(=O)Nc1ccc2c(c1)C(=O)N(CC(=O)NC(CC(=O)O)c1cccnc1)CCO2.Cl. The van der Waals surface area contributed by atoms with Crippen LogP contribution in [0.3, 0.4) is 0 Å². The van der Waals surface area contributed by atoms with Crippen molar-refractivity contribution in [1.29, 1.82) is 0 Å². The Labute approximate surface area is 237 Å². The van der Waals surface area contributed by atoms with E-state index in [0.717, 1.165) is 5.56 Å². The van der Waals surface area contributed by atoms with Gasteiger partial charge in [-0.25, -0.2) is 4.79 Å². The molecule has 1 aromatic heterocycles. The van der Waals surface area contributed by atoms with Crippen molar-refractivity contribution in [3.05, 3.63) is 89.7 Å². The number of ether oxygens (including phenoxy) is 1. The first kappa shape index (κ1) is 29.9. The first-order valence-electron chi connectivity index (χ1n) is 12.3. The number of carbonyl (C=O) groups excluding carboxylic acids is 3. The molecule has 0 radical (unpaired) electrons. The summed E-state index contributed by atoms with van der Waals surface area (Å²) in [6, 6.07) is 16.5. The largest absolute Gasteiger partial charge is 0.491 e. The first-order valence-corrected chi connectivity index (χ1v) is 12.3. The second-order valence-corrected chi connectivity index (χ2v) is 9.06. The van der Waals surface area contributed by atoms with Crippen LogP contribution in [-0.4, -0.2) is 70.4 Å². The summed E-state index contributed by atoms with van der Waals surface area (Å²) >= 11 is 0. The van der Waals surface area contributed by atoms with E-state index in [4.69, 9.17) is 4.74 Å². The van der Waals surface area contributed by atoms with Gasteiger partial charge >= 0.3 is 12.0 Å². The number of aliphatic carboxylic acids is 1. The monoisotopic (exact) mass is 567 g/mol. The van der Waals surface area contributed by atoms with Crippen molar-refractivity contribution < 1.29 is 29.0 Å². The summed E-state index contributed by atoms with van der Waals surface area (Å²) < 4.78 is 5.72. The van der Waals surface area contributed by atoms with Gasteiger partial charge in [0.15, 0.2) is 0 Å². The van der Waals surface area contributed by atoms with Gasteiger partial charge in [0.2, 0.25) is 5.91 Å². The van der Waals surface area contributed by atoms with Crippen molar-refractivity contribution >= 4 is 41.9 Å². The number of nitrogens with one attached hydrogen (secondary N) is 2. The number of nitrogens with zero attached hydrogens (tertiary/aromatic N) is 3. The van der Waals surface area contributed by atoms with E-state index in [1.165, 1.54) is 22.1 Å². The van der Waals surface area contributed by atoms with Crippen LogP contribution in [-0.2, 0) is 16.1 Å². The predicted molar refractivity (Wildman–Crippen MR) is 149 cm³/mol. The van der Waals surface area contributed by atoms with Gasteiger partial charge in [-0.2, -0.15) is 0 Å². The van der Waals surface area contributed by atoms with Gasteiger partial charge in [-0.15, -0.1) is 12.4 Å². The van der Waals surface area contributed by atoms with Crippen molar-refractivity contribution in [2.45, 2.75) is 19.0 Å². The Morgan fingerprint density at radius 2 is 1.90 bits per heavy atom. The molecule has 210 valence electrons. The lowest BCUT2D eigenvalue weighted by Crippen LogP contribution is -2.43. The molecule has 2 heterocycles. The van der Waals surface area contributed by atoms with Crippen LogP contribution < -0.4 is 15.4 Å². The van der Waals surface area contributed by atoms with Gasteiger partial charge < -0.3 is 30.3 Å². The molecule has 4 amide bonds. The number of anilines is 1. The van der Waals surface area contributed by atoms with E-state index < -0.39 is 23.8 Å². The quantitative estimate of drug-likeness (QED) is 0.360. The molecule has 0 saturated heterocycles. The van der Waals surface area contributed by atoms with E-state index in [2.05, 4.69) is 15.6 Å². The molecule has 0 fully saturated rings. The molecule has 0 aliphatic carbocycles. The number of carboxylic acid groups (broad SMARTS) is 1. The second-order valence-electron chi connectivity index (χ2n) is 9.06. The average Bonchev–Trinajstić information content (AvgIpc) is 3.07. The molecule has 4 rings (SSSR count). The molecule has 2 aromatic carbocycles. The number of carbonyl (C=O) groups is 4. The van der Waals surface area contributed by atoms with Crippen LogP contribution in [0.2, 0.25) is 0 Å². The highest BCUT2D eigenvalue weighted by molar-refractivity contribution is 6.01. The zero-order chi connectivity index (χ0) is 27.8. The summed E-state index contributed by atoms with van der Waals surface area (Å²) in [5, 5.41) is 14.8. The molecule has 3 aromatic rings. The van der Waals surface area contributed by atoms with E-state index >= 15 is 0 Å². The van der Waals surface area contributed by atoms with Crippen LogP contribution in [0, 0.1) is 0 Å². The fourth-order valence-corrected chi connectivity index (χ4v) is 4.16. The number of fused-ring (bicyclic) bond motifs is 1. The van der Waals surface area contributed by atoms with E-state index in [0.29, 0.717) is 23.5 Å². The van der Waals surface area contributed by atoms with E-state index in [1.54, 1.807) is 37.5 Å². The number of halogens is 1. The van der Waals surface area contributed by atoms with E-state index in [1.807, 2.05) is 30.3 Å². The van der Waals surface area contributed by atoms with Crippen LogP contribution in [0.25, 0.3) is 0 Å². The molecular weight excluding hydrogens is 538 g/mol. The lowest BCUT2D eigenvalue weighted by Gasteiger charge is -2.22. The Kier molecular flexibility index (Phi) is 10.4. The maximum Gasteiger partial charge on any atom is 0.321 e. The van der Waals surface area contributed by atoms with E-state index in [-0.39, 0.29) is 50.1 Å². The number of pyridine rings is 1.